The highest BCUT2D eigenvalue weighted by Crippen LogP contribution is 2.13. The fourth-order valence-corrected chi connectivity index (χ4v) is 3.32. The fourth-order valence-electron chi connectivity index (χ4n) is 2.33. The maximum atomic E-state index is 13.2. The third kappa shape index (κ3) is 8.04. The minimum atomic E-state index is -3.60. The summed E-state index contributed by atoms with van der Waals surface area (Å²) in [6.45, 7) is 5.26. The van der Waals surface area contributed by atoms with Crippen molar-refractivity contribution in [3.63, 3.8) is 0 Å². The van der Waals surface area contributed by atoms with Gasteiger partial charge in [0.05, 0.1) is 6.54 Å². The van der Waals surface area contributed by atoms with Gasteiger partial charge >= 0.3 is 0 Å². The molecule has 3 N–H and O–H groups in total. The molecule has 2 rings (SSSR count). The summed E-state index contributed by atoms with van der Waals surface area (Å²) in [5.74, 6) is 0.611. The summed E-state index contributed by atoms with van der Waals surface area (Å²) in [6, 6.07) is 8.98. The van der Waals surface area contributed by atoms with E-state index in [4.69, 9.17) is 4.74 Å². The van der Waals surface area contributed by atoms with Crippen LogP contribution in [0.3, 0.4) is 0 Å². The van der Waals surface area contributed by atoms with E-state index in [1.807, 2.05) is 13.8 Å². The number of aliphatic imine (C=N–C) groups is 1. The number of nitrogens with one attached hydrogen (secondary N) is 3. The van der Waals surface area contributed by atoms with E-state index in [1.54, 1.807) is 18.2 Å². The molecule has 2 aromatic rings. The maximum absolute atomic E-state index is 13.2. The van der Waals surface area contributed by atoms with Crippen LogP contribution in [0.15, 0.2) is 58.7 Å². The number of benzene rings is 1. The summed E-state index contributed by atoms with van der Waals surface area (Å²) < 4.78 is 45.7. The van der Waals surface area contributed by atoms with Crippen LogP contribution in [0.25, 0.3) is 0 Å². The van der Waals surface area contributed by atoms with E-state index < -0.39 is 10.0 Å². The van der Waals surface area contributed by atoms with Crippen LogP contribution in [0.1, 0.15) is 13.8 Å². The van der Waals surface area contributed by atoms with Gasteiger partial charge in [0.2, 0.25) is 10.0 Å². The van der Waals surface area contributed by atoms with Crippen molar-refractivity contribution < 1.29 is 17.5 Å². The topological polar surface area (TPSA) is 105 Å². The molecule has 1 aromatic carbocycles. The van der Waals surface area contributed by atoms with Crippen molar-refractivity contribution >= 4 is 16.0 Å². The van der Waals surface area contributed by atoms with Crippen LogP contribution in [0.2, 0.25) is 0 Å². The van der Waals surface area contributed by atoms with Crippen LogP contribution in [-0.2, 0) is 10.0 Å². The summed E-state index contributed by atoms with van der Waals surface area (Å²) >= 11 is 0. The second-order valence-corrected chi connectivity index (χ2v) is 7.89. The molecule has 0 spiro atoms. The Bertz CT molecular complexity index is 894. The van der Waals surface area contributed by atoms with Gasteiger partial charge in [-0.2, -0.15) is 0 Å². The Morgan fingerprint density at radius 1 is 1.24 bits per heavy atom. The summed E-state index contributed by atoms with van der Waals surface area (Å²) in [7, 11) is -3.60. The zero-order chi connectivity index (χ0) is 21.1. The predicted molar refractivity (Wildman–Crippen MR) is 110 cm³/mol. The molecular weight excluding hydrogens is 397 g/mol. The third-order valence-electron chi connectivity index (χ3n) is 3.64. The molecule has 0 amide bonds. The molecule has 0 saturated carbocycles. The van der Waals surface area contributed by atoms with E-state index in [0.29, 0.717) is 31.3 Å². The van der Waals surface area contributed by atoms with Gasteiger partial charge < -0.3 is 15.4 Å². The normalized spacial score (nSPS) is 13.0. The molecule has 0 radical (unpaired) electrons. The van der Waals surface area contributed by atoms with Crippen LogP contribution in [0, 0.1) is 5.82 Å². The largest absolute Gasteiger partial charge is 0.489 e. The standard InChI is InChI=1S/C19H26FN5O3S/c1-3-22-19(24-13-15(2)28-17-7-4-6-16(20)12-17)23-10-11-25-29(26,27)18-8-5-9-21-14-18/h4-9,12,14-15,25H,3,10-11,13H2,1-2H3,(H2,22,23,24). The Morgan fingerprint density at radius 3 is 2.76 bits per heavy atom. The first-order valence-corrected chi connectivity index (χ1v) is 10.7. The molecule has 1 atom stereocenters. The molecule has 10 heteroatoms. The Balaban J connectivity index is 1.81. The van der Waals surface area contributed by atoms with Gasteiger partial charge in [0.1, 0.15) is 22.6 Å². The minimum absolute atomic E-state index is 0.115. The van der Waals surface area contributed by atoms with Crippen LogP contribution in [-0.4, -0.2) is 51.6 Å². The zero-order valence-corrected chi connectivity index (χ0v) is 17.2. The number of hydrogen-bond acceptors (Lipinski definition) is 5. The molecule has 0 bridgehead atoms. The second kappa shape index (κ2) is 11.3. The van der Waals surface area contributed by atoms with Gasteiger partial charge in [-0.1, -0.05) is 6.07 Å². The molecule has 0 fully saturated rings. The van der Waals surface area contributed by atoms with Crippen LogP contribution in [0.5, 0.6) is 5.75 Å². The number of sulfonamides is 1. The molecule has 0 aliphatic heterocycles. The molecule has 0 saturated heterocycles. The van der Waals surface area contributed by atoms with Crippen molar-refractivity contribution in [1.29, 1.82) is 0 Å². The predicted octanol–water partition coefficient (Wildman–Crippen LogP) is 1.52. The number of nitrogens with zero attached hydrogens (tertiary/aromatic N) is 2. The zero-order valence-electron chi connectivity index (χ0n) is 16.4. The number of aromatic nitrogens is 1. The van der Waals surface area contributed by atoms with Gasteiger partial charge in [-0.05, 0) is 38.1 Å². The molecule has 1 unspecified atom stereocenters. The van der Waals surface area contributed by atoms with Crippen molar-refractivity contribution in [2.45, 2.75) is 24.8 Å². The van der Waals surface area contributed by atoms with E-state index in [-0.39, 0.29) is 23.4 Å². The van der Waals surface area contributed by atoms with E-state index in [9.17, 15) is 12.8 Å². The highest BCUT2D eigenvalue weighted by atomic mass is 32.2. The number of pyridine rings is 1. The van der Waals surface area contributed by atoms with E-state index in [1.165, 1.54) is 30.6 Å². The quantitative estimate of drug-likeness (QED) is 0.304. The van der Waals surface area contributed by atoms with Crippen LogP contribution < -0.4 is 20.1 Å². The molecule has 0 aliphatic carbocycles. The first-order chi connectivity index (χ1) is 13.9. The van der Waals surface area contributed by atoms with E-state index >= 15 is 0 Å². The Labute approximate surface area is 170 Å². The van der Waals surface area contributed by atoms with Gasteiger partial charge in [-0.15, -0.1) is 0 Å². The average molecular weight is 424 g/mol. The van der Waals surface area contributed by atoms with Gasteiger partial charge in [0.25, 0.3) is 0 Å². The first-order valence-electron chi connectivity index (χ1n) is 9.25. The second-order valence-electron chi connectivity index (χ2n) is 6.12. The van der Waals surface area contributed by atoms with Crippen LogP contribution >= 0.6 is 0 Å². The molecule has 1 heterocycles. The van der Waals surface area contributed by atoms with Crippen molar-refractivity contribution in [2.24, 2.45) is 4.99 Å². The van der Waals surface area contributed by atoms with Gasteiger partial charge in [-0.25, -0.2) is 22.5 Å². The molecule has 29 heavy (non-hydrogen) atoms. The summed E-state index contributed by atoms with van der Waals surface area (Å²) in [6.07, 6.45) is 2.54. The summed E-state index contributed by atoms with van der Waals surface area (Å²) in [5, 5.41) is 6.13. The molecule has 0 aliphatic rings. The number of ether oxygens (including phenoxy) is 1. The van der Waals surface area contributed by atoms with E-state index in [0.717, 1.165) is 0 Å². The SMILES string of the molecule is CCNC(=NCC(C)Oc1cccc(F)c1)NCCNS(=O)(=O)c1cccnc1. The number of hydrogen-bond donors (Lipinski definition) is 3. The monoisotopic (exact) mass is 423 g/mol. The molecule has 158 valence electrons. The lowest BCUT2D eigenvalue weighted by Gasteiger charge is -2.15. The number of halogens is 1. The average Bonchev–Trinajstić information content (AvgIpc) is 2.70. The number of rotatable bonds is 10. The molecule has 1 aromatic heterocycles. The highest BCUT2D eigenvalue weighted by Gasteiger charge is 2.13. The smallest absolute Gasteiger partial charge is 0.242 e. The summed E-state index contributed by atoms with van der Waals surface area (Å²) in [5.41, 5.74) is 0. The number of guanidine groups is 1. The Hall–Kier alpha value is -2.72. The van der Waals surface area contributed by atoms with Crippen LogP contribution in [0.4, 0.5) is 4.39 Å². The molecule has 8 nitrogen and oxygen atoms in total. The van der Waals surface area contributed by atoms with Crippen molar-refractivity contribution in [1.82, 2.24) is 20.3 Å². The van der Waals surface area contributed by atoms with Crippen molar-refractivity contribution in [3.8, 4) is 5.75 Å². The van der Waals surface area contributed by atoms with Gasteiger partial charge in [0.15, 0.2) is 5.96 Å². The summed E-state index contributed by atoms with van der Waals surface area (Å²) in [4.78, 5) is 8.34. The van der Waals surface area contributed by atoms with Crippen molar-refractivity contribution in [3.05, 3.63) is 54.6 Å². The van der Waals surface area contributed by atoms with Crippen molar-refractivity contribution in [2.75, 3.05) is 26.2 Å². The lowest BCUT2D eigenvalue weighted by atomic mass is 10.3. The van der Waals surface area contributed by atoms with Gasteiger partial charge in [0, 0.05) is 38.1 Å². The first kappa shape index (κ1) is 22.6. The van der Waals surface area contributed by atoms with Gasteiger partial charge in [-0.3, -0.25) is 4.98 Å². The lowest BCUT2D eigenvalue weighted by Crippen LogP contribution is -2.42. The Morgan fingerprint density at radius 2 is 2.07 bits per heavy atom. The highest BCUT2D eigenvalue weighted by molar-refractivity contribution is 7.89. The molecular formula is C19H26FN5O3S. The lowest BCUT2D eigenvalue weighted by molar-refractivity contribution is 0.229. The van der Waals surface area contributed by atoms with E-state index in [2.05, 4.69) is 25.3 Å². The fraction of sp³-hybridized carbons (Fsp3) is 0.368. The minimum Gasteiger partial charge on any atom is -0.489 e. The maximum Gasteiger partial charge on any atom is 0.242 e. The Kier molecular flexibility index (Phi) is 8.81. The third-order valence-corrected chi connectivity index (χ3v) is 5.08.